The molecule has 1 saturated heterocycles. The smallest absolute Gasteiger partial charge is 0.242 e. The van der Waals surface area contributed by atoms with Crippen LogP contribution >= 0.6 is 0 Å². The first-order valence-electron chi connectivity index (χ1n) is 9.23. The first kappa shape index (κ1) is 16.5. The third kappa shape index (κ3) is 4.14. The van der Waals surface area contributed by atoms with Gasteiger partial charge in [-0.15, -0.1) is 0 Å². The average Bonchev–Trinajstić information content (AvgIpc) is 3.00. The molecule has 3 atom stereocenters. The normalized spacial score (nSPS) is 27.7. The number of piperidine rings is 1. The maximum Gasteiger partial charge on any atom is 0.242 e. The van der Waals surface area contributed by atoms with Gasteiger partial charge in [0.2, 0.25) is 5.91 Å². The van der Waals surface area contributed by atoms with Crippen LogP contribution in [0.2, 0.25) is 0 Å². The number of carbonyl (C=O) groups is 1. The largest absolute Gasteiger partial charge is 0.352 e. The van der Waals surface area contributed by atoms with E-state index < -0.39 is 0 Å². The Morgan fingerprint density at radius 2 is 1.70 bits per heavy atom. The van der Waals surface area contributed by atoms with E-state index in [4.69, 9.17) is 0 Å². The van der Waals surface area contributed by atoms with Gasteiger partial charge in [-0.2, -0.15) is 0 Å². The van der Waals surface area contributed by atoms with Crippen LogP contribution in [0.5, 0.6) is 0 Å². The van der Waals surface area contributed by atoms with Crippen molar-refractivity contribution in [2.45, 2.75) is 58.0 Å². The van der Waals surface area contributed by atoms with Gasteiger partial charge in [-0.3, -0.25) is 9.69 Å². The summed E-state index contributed by atoms with van der Waals surface area (Å²) >= 11 is 0. The van der Waals surface area contributed by atoms with E-state index in [0.717, 1.165) is 31.5 Å². The minimum atomic E-state index is -0.137. The van der Waals surface area contributed by atoms with Crippen LogP contribution in [0.4, 0.5) is 0 Å². The van der Waals surface area contributed by atoms with Gasteiger partial charge in [0.05, 0.1) is 0 Å². The second-order valence-electron chi connectivity index (χ2n) is 7.70. The SMILES string of the molecule is CC1CC(C)CN(C(C(=O)NC2CCCC2)c2ccccc2)C1. The lowest BCUT2D eigenvalue weighted by molar-refractivity contribution is -0.128. The Hall–Kier alpha value is -1.35. The van der Waals surface area contributed by atoms with E-state index in [1.165, 1.54) is 19.3 Å². The van der Waals surface area contributed by atoms with Crippen molar-refractivity contribution in [3.05, 3.63) is 35.9 Å². The molecule has 1 heterocycles. The first-order chi connectivity index (χ1) is 11.1. The first-order valence-corrected chi connectivity index (χ1v) is 9.23. The number of benzene rings is 1. The van der Waals surface area contributed by atoms with Gasteiger partial charge in [0.15, 0.2) is 0 Å². The van der Waals surface area contributed by atoms with E-state index in [0.29, 0.717) is 17.9 Å². The fourth-order valence-corrected chi connectivity index (χ4v) is 4.44. The number of likely N-dealkylation sites (tertiary alicyclic amines) is 1. The fourth-order valence-electron chi connectivity index (χ4n) is 4.44. The predicted molar refractivity (Wildman–Crippen MR) is 94.1 cm³/mol. The van der Waals surface area contributed by atoms with Crippen molar-refractivity contribution in [1.29, 1.82) is 0 Å². The molecule has 126 valence electrons. The van der Waals surface area contributed by atoms with Gasteiger partial charge in [-0.25, -0.2) is 0 Å². The van der Waals surface area contributed by atoms with Gasteiger partial charge in [0.25, 0.3) is 0 Å². The maximum absolute atomic E-state index is 13.1. The van der Waals surface area contributed by atoms with Crippen LogP contribution in [0.3, 0.4) is 0 Å². The molecule has 0 aromatic heterocycles. The van der Waals surface area contributed by atoms with Crippen LogP contribution in [-0.2, 0) is 4.79 Å². The average molecular weight is 314 g/mol. The molecule has 1 N–H and O–H groups in total. The molecule has 1 amide bonds. The van der Waals surface area contributed by atoms with E-state index >= 15 is 0 Å². The molecule has 0 spiro atoms. The minimum absolute atomic E-state index is 0.137. The molecule has 3 unspecified atom stereocenters. The Labute approximate surface area is 140 Å². The number of hydrogen-bond acceptors (Lipinski definition) is 2. The van der Waals surface area contributed by atoms with E-state index in [2.05, 4.69) is 36.2 Å². The molecule has 3 heteroatoms. The third-order valence-electron chi connectivity index (χ3n) is 5.33. The second kappa shape index (κ2) is 7.48. The Balaban J connectivity index is 1.79. The van der Waals surface area contributed by atoms with Crippen molar-refractivity contribution in [1.82, 2.24) is 10.2 Å². The van der Waals surface area contributed by atoms with Crippen LogP contribution in [0.15, 0.2) is 30.3 Å². The van der Waals surface area contributed by atoms with Crippen molar-refractivity contribution < 1.29 is 4.79 Å². The monoisotopic (exact) mass is 314 g/mol. The molecule has 1 aliphatic heterocycles. The number of amides is 1. The summed E-state index contributed by atoms with van der Waals surface area (Å²) in [5.41, 5.74) is 1.13. The molecule has 1 saturated carbocycles. The number of hydrogen-bond donors (Lipinski definition) is 1. The van der Waals surface area contributed by atoms with Crippen LogP contribution in [0.1, 0.15) is 57.6 Å². The Bertz CT molecular complexity index is 500. The number of nitrogens with zero attached hydrogens (tertiary/aromatic N) is 1. The minimum Gasteiger partial charge on any atom is -0.352 e. The summed E-state index contributed by atoms with van der Waals surface area (Å²) in [7, 11) is 0. The third-order valence-corrected chi connectivity index (χ3v) is 5.33. The summed E-state index contributed by atoms with van der Waals surface area (Å²) < 4.78 is 0. The topological polar surface area (TPSA) is 32.3 Å². The molecule has 2 fully saturated rings. The van der Waals surface area contributed by atoms with Gasteiger partial charge in [0.1, 0.15) is 6.04 Å². The summed E-state index contributed by atoms with van der Waals surface area (Å²) in [5.74, 6) is 1.51. The summed E-state index contributed by atoms with van der Waals surface area (Å²) in [6.45, 7) is 6.64. The highest BCUT2D eigenvalue weighted by Crippen LogP contribution is 2.30. The Kier molecular flexibility index (Phi) is 5.37. The van der Waals surface area contributed by atoms with Gasteiger partial charge < -0.3 is 5.32 Å². The number of rotatable bonds is 4. The number of nitrogens with one attached hydrogen (secondary N) is 1. The molecule has 1 aromatic carbocycles. The highest BCUT2D eigenvalue weighted by atomic mass is 16.2. The number of carbonyl (C=O) groups excluding carboxylic acids is 1. The molecule has 1 aliphatic carbocycles. The van der Waals surface area contributed by atoms with Crippen molar-refractivity contribution in [3.63, 3.8) is 0 Å². The van der Waals surface area contributed by atoms with Crippen LogP contribution in [0.25, 0.3) is 0 Å². The van der Waals surface area contributed by atoms with Crippen LogP contribution < -0.4 is 5.32 Å². The van der Waals surface area contributed by atoms with Crippen molar-refractivity contribution in [3.8, 4) is 0 Å². The predicted octanol–water partition coefficient (Wildman–Crippen LogP) is 3.76. The zero-order valence-electron chi connectivity index (χ0n) is 14.5. The highest BCUT2D eigenvalue weighted by molar-refractivity contribution is 5.83. The molecule has 2 aliphatic rings. The lowest BCUT2D eigenvalue weighted by Gasteiger charge is -2.40. The van der Waals surface area contributed by atoms with E-state index in [-0.39, 0.29) is 11.9 Å². The van der Waals surface area contributed by atoms with Gasteiger partial charge in [0, 0.05) is 19.1 Å². The van der Waals surface area contributed by atoms with Crippen molar-refractivity contribution >= 4 is 5.91 Å². The van der Waals surface area contributed by atoms with Crippen molar-refractivity contribution in [2.75, 3.05) is 13.1 Å². The van der Waals surface area contributed by atoms with Gasteiger partial charge in [-0.05, 0) is 36.7 Å². The summed E-state index contributed by atoms with van der Waals surface area (Å²) in [6, 6.07) is 10.6. The molecule has 3 rings (SSSR count). The van der Waals surface area contributed by atoms with E-state index in [1.807, 2.05) is 18.2 Å². The Morgan fingerprint density at radius 1 is 1.09 bits per heavy atom. The molecular formula is C20H30N2O. The van der Waals surface area contributed by atoms with Crippen LogP contribution in [-0.4, -0.2) is 29.9 Å². The molecule has 0 radical (unpaired) electrons. The Morgan fingerprint density at radius 3 is 2.30 bits per heavy atom. The lowest BCUT2D eigenvalue weighted by atomic mass is 9.89. The quantitative estimate of drug-likeness (QED) is 0.917. The van der Waals surface area contributed by atoms with E-state index in [1.54, 1.807) is 0 Å². The fraction of sp³-hybridized carbons (Fsp3) is 0.650. The van der Waals surface area contributed by atoms with E-state index in [9.17, 15) is 4.79 Å². The maximum atomic E-state index is 13.1. The van der Waals surface area contributed by atoms with Crippen molar-refractivity contribution in [2.24, 2.45) is 11.8 Å². The summed E-state index contributed by atoms with van der Waals surface area (Å²) in [5, 5.41) is 3.32. The highest BCUT2D eigenvalue weighted by Gasteiger charge is 2.33. The lowest BCUT2D eigenvalue weighted by Crippen LogP contribution is -2.48. The second-order valence-corrected chi connectivity index (χ2v) is 7.70. The molecule has 23 heavy (non-hydrogen) atoms. The summed E-state index contributed by atoms with van der Waals surface area (Å²) in [6.07, 6.45) is 6.04. The summed E-state index contributed by atoms with van der Waals surface area (Å²) in [4.78, 5) is 15.5. The molecule has 3 nitrogen and oxygen atoms in total. The van der Waals surface area contributed by atoms with Gasteiger partial charge in [-0.1, -0.05) is 57.0 Å². The van der Waals surface area contributed by atoms with Crippen LogP contribution in [0, 0.1) is 11.8 Å². The molecule has 1 aromatic rings. The standard InChI is InChI=1S/C20H30N2O/c1-15-12-16(2)14-22(13-15)19(17-8-4-3-5-9-17)20(23)21-18-10-6-7-11-18/h3-5,8-9,15-16,18-19H,6-7,10-14H2,1-2H3,(H,21,23). The molecule has 0 bridgehead atoms. The molecular weight excluding hydrogens is 284 g/mol. The zero-order valence-corrected chi connectivity index (χ0v) is 14.5. The zero-order chi connectivity index (χ0) is 16.2. The van der Waals surface area contributed by atoms with Gasteiger partial charge >= 0.3 is 0 Å².